The Balaban J connectivity index is 2.43. The second-order valence-electron chi connectivity index (χ2n) is 8.07. The lowest BCUT2D eigenvalue weighted by Gasteiger charge is -2.41. The molecule has 0 fully saturated rings. The van der Waals surface area contributed by atoms with Gasteiger partial charge in [-0.2, -0.15) is 0 Å². The van der Waals surface area contributed by atoms with Crippen molar-refractivity contribution in [2.75, 3.05) is 0 Å². The molecule has 2 heteroatoms. The molecule has 1 heterocycles. The Kier molecular flexibility index (Phi) is 4.92. The molecule has 0 spiro atoms. The molecule has 3 aromatic rings. The summed E-state index contributed by atoms with van der Waals surface area (Å²) >= 11 is 0. The van der Waals surface area contributed by atoms with E-state index < -0.39 is 8.07 Å². The Labute approximate surface area is 153 Å². The fourth-order valence-corrected chi connectivity index (χ4v) is 11.6. The van der Waals surface area contributed by atoms with Gasteiger partial charge in [0.2, 0.25) is 0 Å². The minimum atomic E-state index is -1.88. The normalized spacial score (nSPS) is 12.7. The Morgan fingerprint density at radius 3 is 1.76 bits per heavy atom. The van der Waals surface area contributed by atoms with E-state index in [0.29, 0.717) is 16.6 Å². The maximum Gasteiger partial charge on any atom is 0.140 e. The van der Waals surface area contributed by atoms with E-state index in [1.807, 2.05) is 0 Å². The number of hydrogen-bond donors (Lipinski definition) is 0. The zero-order valence-electron chi connectivity index (χ0n) is 16.3. The Morgan fingerprint density at radius 1 is 0.680 bits per heavy atom. The van der Waals surface area contributed by atoms with Crippen LogP contribution in [0.3, 0.4) is 0 Å². The molecule has 0 aliphatic heterocycles. The molecule has 25 heavy (non-hydrogen) atoms. The highest BCUT2D eigenvalue weighted by Gasteiger charge is 2.49. The predicted molar refractivity (Wildman–Crippen MR) is 112 cm³/mol. The highest BCUT2D eigenvalue weighted by Crippen LogP contribution is 2.45. The first-order chi connectivity index (χ1) is 11.9. The first kappa shape index (κ1) is 18.0. The fourth-order valence-electron chi connectivity index (χ4n) is 5.03. The van der Waals surface area contributed by atoms with Crippen molar-refractivity contribution >= 4 is 24.4 Å². The van der Waals surface area contributed by atoms with E-state index >= 15 is 0 Å². The van der Waals surface area contributed by atoms with Crippen LogP contribution in [0.25, 0.3) is 22.1 Å². The molecule has 3 rings (SSSR count). The largest absolute Gasteiger partial charge is 0.466 e. The van der Waals surface area contributed by atoms with Gasteiger partial charge < -0.3 is 4.42 Å². The van der Waals surface area contributed by atoms with Crippen molar-refractivity contribution in [1.82, 2.24) is 0 Å². The summed E-state index contributed by atoms with van der Waals surface area (Å²) in [5.74, 6) is 0. The second-order valence-corrected chi connectivity index (χ2v) is 13.8. The molecule has 132 valence electrons. The summed E-state index contributed by atoms with van der Waals surface area (Å²) in [4.78, 5) is 0. The standard InChI is InChI=1S/C23H30OSi/c1-16(2)25(17(3)4,18(5)6)23-22(19-12-8-7-9-13-19)20-14-10-11-15-21(20)24-23/h7-18H,1-6H3. The van der Waals surface area contributed by atoms with E-state index in [2.05, 4.69) is 96.1 Å². The fraction of sp³-hybridized carbons (Fsp3) is 0.391. The molecule has 1 aromatic heterocycles. The molecule has 0 amide bonds. The second kappa shape index (κ2) is 6.84. The van der Waals surface area contributed by atoms with Crippen LogP contribution >= 0.6 is 0 Å². The van der Waals surface area contributed by atoms with E-state index in [4.69, 9.17) is 4.42 Å². The summed E-state index contributed by atoms with van der Waals surface area (Å²) in [5, 5.41) is 2.54. The van der Waals surface area contributed by atoms with Gasteiger partial charge in [-0.3, -0.25) is 0 Å². The topological polar surface area (TPSA) is 13.1 Å². The molecule has 0 aliphatic rings. The summed E-state index contributed by atoms with van der Waals surface area (Å²) in [7, 11) is -1.88. The summed E-state index contributed by atoms with van der Waals surface area (Å²) < 4.78 is 6.66. The lowest BCUT2D eigenvalue weighted by atomic mass is 10.1. The SMILES string of the molecule is CC(C)[Si](c1oc2ccccc2c1-c1ccccc1)(C(C)C)C(C)C. The van der Waals surface area contributed by atoms with Crippen LogP contribution in [0.2, 0.25) is 16.6 Å². The van der Waals surface area contributed by atoms with Crippen LogP contribution in [0, 0.1) is 0 Å². The van der Waals surface area contributed by atoms with Gasteiger partial charge in [0.1, 0.15) is 13.7 Å². The van der Waals surface area contributed by atoms with Crippen molar-refractivity contribution in [3.8, 4) is 11.1 Å². The summed E-state index contributed by atoms with van der Waals surface area (Å²) in [5.41, 5.74) is 5.50. The molecule has 0 N–H and O–H groups in total. The van der Waals surface area contributed by atoms with Crippen LogP contribution in [0.4, 0.5) is 0 Å². The molecular formula is C23H30OSi. The smallest absolute Gasteiger partial charge is 0.140 e. The molecular weight excluding hydrogens is 320 g/mol. The van der Waals surface area contributed by atoms with E-state index in [9.17, 15) is 0 Å². The molecule has 2 aromatic carbocycles. The van der Waals surface area contributed by atoms with Crippen LogP contribution < -0.4 is 5.38 Å². The van der Waals surface area contributed by atoms with Crippen molar-refractivity contribution in [3.63, 3.8) is 0 Å². The van der Waals surface area contributed by atoms with Crippen LogP contribution in [0.1, 0.15) is 41.5 Å². The maximum atomic E-state index is 6.66. The number of hydrogen-bond acceptors (Lipinski definition) is 1. The van der Waals surface area contributed by atoms with Gasteiger partial charge in [0.15, 0.2) is 0 Å². The summed E-state index contributed by atoms with van der Waals surface area (Å²) in [6, 6.07) is 19.3. The van der Waals surface area contributed by atoms with Crippen molar-refractivity contribution in [2.45, 2.75) is 58.2 Å². The van der Waals surface area contributed by atoms with E-state index in [-0.39, 0.29) is 0 Å². The lowest BCUT2D eigenvalue weighted by molar-refractivity contribution is 0.634. The van der Waals surface area contributed by atoms with Crippen molar-refractivity contribution in [3.05, 3.63) is 54.6 Å². The first-order valence-corrected chi connectivity index (χ1v) is 11.7. The van der Waals surface area contributed by atoms with Gasteiger partial charge in [-0.05, 0) is 28.3 Å². The van der Waals surface area contributed by atoms with Gasteiger partial charge in [0.25, 0.3) is 0 Å². The average Bonchev–Trinajstić information content (AvgIpc) is 2.94. The van der Waals surface area contributed by atoms with Gasteiger partial charge in [0, 0.05) is 10.9 Å². The number of rotatable bonds is 5. The molecule has 1 nitrogen and oxygen atoms in total. The third-order valence-electron chi connectivity index (χ3n) is 5.92. The minimum absolute atomic E-state index is 0.621. The molecule has 0 saturated heterocycles. The summed E-state index contributed by atoms with van der Waals surface area (Å²) in [6.45, 7) is 14.4. The quantitative estimate of drug-likeness (QED) is 0.452. The molecule has 0 atom stereocenters. The average molecular weight is 351 g/mol. The van der Waals surface area contributed by atoms with Crippen LogP contribution in [0.15, 0.2) is 59.0 Å². The molecule has 0 bridgehead atoms. The zero-order valence-corrected chi connectivity index (χ0v) is 17.3. The number of fused-ring (bicyclic) bond motifs is 1. The van der Waals surface area contributed by atoms with Crippen LogP contribution in [-0.4, -0.2) is 8.07 Å². The Bertz CT molecular complexity index is 821. The third-order valence-corrected chi connectivity index (χ3v) is 12.8. The summed E-state index contributed by atoms with van der Waals surface area (Å²) in [6.07, 6.45) is 0. The van der Waals surface area contributed by atoms with E-state index in [0.717, 1.165) is 5.58 Å². The molecule has 0 saturated carbocycles. The molecule has 0 aliphatic carbocycles. The van der Waals surface area contributed by atoms with Crippen LogP contribution in [-0.2, 0) is 0 Å². The zero-order chi connectivity index (χ0) is 18.2. The first-order valence-electron chi connectivity index (χ1n) is 9.48. The predicted octanol–water partition coefficient (Wildman–Crippen LogP) is 6.99. The number of furan rings is 1. The lowest BCUT2D eigenvalue weighted by Crippen LogP contribution is -2.55. The van der Waals surface area contributed by atoms with Gasteiger partial charge in [0.05, 0.1) is 5.38 Å². The highest BCUT2D eigenvalue weighted by molar-refractivity contribution is 6.95. The van der Waals surface area contributed by atoms with E-state index in [1.54, 1.807) is 0 Å². The molecule has 0 unspecified atom stereocenters. The highest BCUT2D eigenvalue weighted by atomic mass is 28.3. The molecule has 0 radical (unpaired) electrons. The Morgan fingerprint density at radius 2 is 1.20 bits per heavy atom. The van der Waals surface area contributed by atoms with Gasteiger partial charge in [-0.15, -0.1) is 0 Å². The van der Waals surface area contributed by atoms with E-state index in [1.165, 1.54) is 21.9 Å². The van der Waals surface area contributed by atoms with Crippen LogP contribution in [0.5, 0.6) is 0 Å². The number of benzene rings is 2. The minimum Gasteiger partial charge on any atom is -0.466 e. The van der Waals surface area contributed by atoms with Gasteiger partial charge >= 0.3 is 0 Å². The van der Waals surface area contributed by atoms with Crippen molar-refractivity contribution in [1.29, 1.82) is 0 Å². The van der Waals surface area contributed by atoms with Crippen molar-refractivity contribution in [2.24, 2.45) is 0 Å². The monoisotopic (exact) mass is 350 g/mol. The van der Waals surface area contributed by atoms with Gasteiger partial charge in [-0.25, -0.2) is 0 Å². The number of para-hydroxylation sites is 1. The third kappa shape index (κ3) is 2.77. The van der Waals surface area contributed by atoms with Gasteiger partial charge in [-0.1, -0.05) is 90.1 Å². The Hall–Kier alpha value is -1.80. The maximum absolute atomic E-state index is 6.66. The van der Waals surface area contributed by atoms with Crippen molar-refractivity contribution < 1.29 is 4.42 Å².